The van der Waals surface area contributed by atoms with E-state index in [1.54, 1.807) is 6.07 Å². The number of rotatable bonds is 2. The molecule has 4 nitrogen and oxygen atoms in total. The zero-order valence-electron chi connectivity index (χ0n) is 10.3. The van der Waals surface area contributed by atoms with Crippen molar-refractivity contribution in [3.05, 3.63) is 29.3 Å². The number of nitrogens with zero attached hydrogens (tertiary/aromatic N) is 1. The number of benzene rings is 1. The summed E-state index contributed by atoms with van der Waals surface area (Å²) in [5, 5.41) is 0. The molecule has 2 rings (SSSR count). The van der Waals surface area contributed by atoms with Crippen LogP contribution in [-0.2, 0) is 4.74 Å². The second-order valence-corrected chi connectivity index (χ2v) is 4.46. The largest absolute Gasteiger partial charge is 0.375 e. The molecule has 1 heterocycles. The molecule has 1 atom stereocenters. The number of primary amides is 1. The molecule has 17 heavy (non-hydrogen) atoms. The van der Waals surface area contributed by atoms with Crippen LogP contribution in [0.1, 0.15) is 22.8 Å². The summed E-state index contributed by atoms with van der Waals surface area (Å²) in [6, 6.07) is 5.65. The fraction of sp³-hybridized carbons (Fsp3) is 0.462. The number of amides is 1. The highest BCUT2D eigenvalue weighted by molar-refractivity contribution is 5.99. The van der Waals surface area contributed by atoms with Gasteiger partial charge in [0, 0.05) is 13.1 Å². The lowest BCUT2D eigenvalue weighted by atomic mass is 10.1. The third-order valence-electron chi connectivity index (χ3n) is 3.06. The van der Waals surface area contributed by atoms with E-state index < -0.39 is 0 Å². The molecule has 1 amide bonds. The minimum atomic E-state index is -0.372. The molecule has 4 heteroatoms. The van der Waals surface area contributed by atoms with Crippen LogP contribution in [0.2, 0.25) is 0 Å². The molecular weight excluding hydrogens is 216 g/mol. The van der Waals surface area contributed by atoms with Gasteiger partial charge in [0.1, 0.15) is 0 Å². The highest BCUT2D eigenvalue weighted by Gasteiger charge is 2.22. The van der Waals surface area contributed by atoms with Crippen LogP contribution in [0.15, 0.2) is 18.2 Å². The number of carbonyl (C=O) groups excluding carboxylic acids is 1. The Morgan fingerprint density at radius 3 is 2.94 bits per heavy atom. The Balaban J connectivity index is 2.39. The van der Waals surface area contributed by atoms with Gasteiger partial charge in [0.2, 0.25) is 0 Å². The molecule has 1 aromatic rings. The number of anilines is 1. The molecule has 92 valence electrons. The molecule has 0 aromatic heterocycles. The number of ether oxygens (including phenoxy) is 1. The smallest absolute Gasteiger partial charge is 0.250 e. The van der Waals surface area contributed by atoms with Crippen molar-refractivity contribution < 1.29 is 9.53 Å². The second-order valence-electron chi connectivity index (χ2n) is 4.46. The van der Waals surface area contributed by atoms with E-state index in [1.807, 2.05) is 26.0 Å². The summed E-state index contributed by atoms with van der Waals surface area (Å²) in [7, 11) is 0. The summed E-state index contributed by atoms with van der Waals surface area (Å²) in [6.07, 6.45) is 0.184. The SMILES string of the molecule is Cc1cccc(C(N)=O)c1N1CCOC(C)C1. The van der Waals surface area contributed by atoms with Crippen molar-refractivity contribution in [1.29, 1.82) is 0 Å². The third kappa shape index (κ3) is 2.42. The molecule has 1 aliphatic heterocycles. The van der Waals surface area contributed by atoms with Crippen LogP contribution in [0.5, 0.6) is 0 Å². The van der Waals surface area contributed by atoms with Gasteiger partial charge in [-0.1, -0.05) is 12.1 Å². The van der Waals surface area contributed by atoms with E-state index >= 15 is 0 Å². The Bertz CT molecular complexity index is 431. The van der Waals surface area contributed by atoms with Crippen LogP contribution in [-0.4, -0.2) is 31.7 Å². The number of para-hydroxylation sites is 1. The van der Waals surface area contributed by atoms with E-state index in [1.165, 1.54) is 0 Å². The molecule has 0 aliphatic carbocycles. The number of hydrogen-bond acceptors (Lipinski definition) is 3. The van der Waals surface area contributed by atoms with Crippen LogP contribution in [0.4, 0.5) is 5.69 Å². The maximum Gasteiger partial charge on any atom is 0.250 e. The van der Waals surface area contributed by atoms with E-state index in [9.17, 15) is 4.79 Å². The van der Waals surface area contributed by atoms with Crippen molar-refractivity contribution in [3.8, 4) is 0 Å². The Morgan fingerprint density at radius 1 is 1.53 bits per heavy atom. The molecule has 2 N–H and O–H groups in total. The van der Waals surface area contributed by atoms with Gasteiger partial charge in [-0.2, -0.15) is 0 Å². The number of nitrogens with two attached hydrogens (primary N) is 1. The first kappa shape index (κ1) is 11.9. The predicted molar refractivity (Wildman–Crippen MR) is 67.3 cm³/mol. The number of carbonyl (C=O) groups is 1. The monoisotopic (exact) mass is 234 g/mol. The van der Waals surface area contributed by atoms with Gasteiger partial charge in [-0.3, -0.25) is 4.79 Å². The molecule has 0 bridgehead atoms. The number of hydrogen-bond donors (Lipinski definition) is 1. The molecule has 1 fully saturated rings. The average Bonchev–Trinajstić information content (AvgIpc) is 2.28. The molecule has 0 saturated carbocycles. The van der Waals surface area contributed by atoms with Gasteiger partial charge >= 0.3 is 0 Å². The lowest BCUT2D eigenvalue weighted by molar-refractivity contribution is 0.0531. The van der Waals surface area contributed by atoms with Crippen LogP contribution in [0.3, 0.4) is 0 Å². The van der Waals surface area contributed by atoms with Gasteiger partial charge < -0.3 is 15.4 Å². The Hall–Kier alpha value is -1.55. The fourth-order valence-corrected chi connectivity index (χ4v) is 2.30. The summed E-state index contributed by atoms with van der Waals surface area (Å²) < 4.78 is 5.51. The first-order valence-electron chi connectivity index (χ1n) is 5.85. The lowest BCUT2D eigenvalue weighted by Gasteiger charge is -2.34. The maximum atomic E-state index is 11.5. The summed E-state index contributed by atoms with van der Waals surface area (Å²) >= 11 is 0. The normalized spacial score (nSPS) is 20.4. The van der Waals surface area contributed by atoms with Crippen molar-refractivity contribution >= 4 is 11.6 Å². The maximum absolute atomic E-state index is 11.5. The van der Waals surface area contributed by atoms with Gasteiger partial charge in [-0.25, -0.2) is 0 Å². The topological polar surface area (TPSA) is 55.6 Å². The van der Waals surface area contributed by atoms with Crippen LogP contribution >= 0.6 is 0 Å². The zero-order valence-corrected chi connectivity index (χ0v) is 10.3. The van der Waals surface area contributed by atoms with E-state index in [4.69, 9.17) is 10.5 Å². The quantitative estimate of drug-likeness (QED) is 0.839. The standard InChI is InChI=1S/C13H18N2O2/c1-9-4-3-5-11(13(14)16)12(9)15-6-7-17-10(2)8-15/h3-5,10H,6-8H2,1-2H3,(H2,14,16). The Kier molecular flexibility index (Phi) is 3.33. The van der Waals surface area contributed by atoms with Crippen molar-refractivity contribution in [2.45, 2.75) is 20.0 Å². The Labute approximate surface area is 101 Å². The number of aryl methyl sites for hydroxylation is 1. The molecule has 1 aromatic carbocycles. The van der Waals surface area contributed by atoms with Gasteiger partial charge in [0.15, 0.2) is 0 Å². The summed E-state index contributed by atoms with van der Waals surface area (Å²) in [5.74, 6) is -0.372. The van der Waals surface area contributed by atoms with Gasteiger partial charge in [-0.15, -0.1) is 0 Å². The summed E-state index contributed by atoms with van der Waals surface area (Å²) in [4.78, 5) is 13.6. The third-order valence-corrected chi connectivity index (χ3v) is 3.06. The second kappa shape index (κ2) is 4.75. The predicted octanol–water partition coefficient (Wildman–Crippen LogP) is 1.32. The highest BCUT2D eigenvalue weighted by atomic mass is 16.5. The summed E-state index contributed by atoms with van der Waals surface area (Å²) in [5.41, 5.74) is 8.06. The fourth-order valence-electron chi connectivity index (χ4n) is 2.30. The van der Waals surface area contributed by atoms with E-state index in [-0.39, 0.29) is 12.0 Å². The molecule has 1 aliphatic rings. The number of morpholine rings is 1. The minimum Gasteiger partial charge on any atom is -0.375 e. The first-order chi connectivity index (χ1) is 8.09. The minimum absolute atomic E-state index is 0.184. The Morgan fingerprint density at radius 2 is 2.29 bits per heavy atom. The van der Waals surface area contributed by atoms with Crippen molar-refractivity contribution in [3.63, 3.8) is 0 Å². The van der Waals surface area contributed by atoms with Crippen molar-refractivity contribution in [2.24, 2.45) is 5.73 Å². The van der Waals surface area contributed by atoms with E-state index in [0.717, 1.165) is 24.3 Å². The zero-order chi connectivity index (χ0) is 12.4. The van der Waals surface area contributed by atoms with E-state index in [0.29, 0.717) is 12.2 Å². The highest BCUT2D eigenvalue weighted by Crippen LogP contribution is 2.26. The van der Waals surface area contributed by atoms with E-state index in [2.05, 4.69) is 4.90 Å². The molecule has 0 spiro atoms. The first-order valence-corrected chi connectivity index (χ1v) is 5.85. The van der Waals surface area contributed by atoms with Gasteiger partial charge in [0.05, 0.1) is 24.0 Å². The summed E-state index contributed by atoms with van der Waals surface area (Å²) in [6.45, 7) is 6.32. The van der Waals surface area contributed by atoms with Crippen molar-refractivity contribution in [1.82, 2.24) is 0 Å². The van der Waals surface area contributed by atoms with Crippen LogP contribution in [0, 0.1) is 6.92 Å². The van der Waals surface area contributed by atoms with Crippen LogP contribution < -0.4 is 10.6 Å². The van der Waals surface area contributed by atoms with Crippen molar-refractivity contribution in [2.75, 3.05) is 24.6 Å². The molecular formula is C13H18N2O2. The molecule has 0 radical (unpaired) electrons. The molecule has 1 unspecified atom stereocenters. The van der Waals surface area contributed by atoms with Crippen LogP contribution in [0.25, 0.3) is 0 Å². The lowest BCUT2D eigenvalue weighted by Crippen LogP contribution is -2.42. The molecule has 1 saturated heterocycles. The van der Waals surface area contributed by atoms with Gasteiger partial charge in [-0.05, 0) is 25.5 Å². The van der Waals surface area contributed by atoms with Gasteiger partial charge in [0.25, 0.3) is 5.91 Å². The average molecular weight is 234 g/mol.